The number of benzene rings is 1. The molecule has 8 heteroatoms. The molecule has 0 radical (unpaired) electrons. The first-order valence-corrected chi connectivity index (χ1v) is 12.2. The number of thiophene rings is 1. The number of carbonyl (C=O) groups is 1. The number of amides is 1. The number of rotatable bonds is 4. The van der Waals surface area contributed by atoms with Gasteiger partial charge in [0.1, 0.15) is 4.83 Å². The molecule has 1 fully saturated rings. The molecule has 1 saturated heterocycles. The number of halogens is 1. The Morgan fingerprint density at radius 2 is 1.72 bits per heavy atom. The number of pyridine rings is 1. The summed E-state index contributed by atoms with van der Waals surface area (Å²) in [4.78, 5) is 27.1. The van der Waals surface area contributed by atoms with Crippen molar-refractivity contribution in [2.45, 2.75) is 12.8 Å². The van der Waals surface area contributed by atoms with E-state index in [2.05, 4.69) is 28.1 Å². The molecular weight excluding hydrogens is 443 g/mol. The summed E-state index contributed by atoms with van der Waals surface area (Å²) in [6.45, 7) is 1.75. The Balaban J connectivity index is 1.29. The minimum Gasteiger partial charge on any atom is -0.349 e. The summed E-state index contributed by atoms with van der Waals surface area (Å²) in [5, 5.41) is 1.05. The lowest BCUT2D eigenvalue weighted by atomic mass is 9.96. The van der Waals surface area contributed by atoms with Gasteiger partial charge in [-0.15, -0.1) is 11.3 Å². The summed E-state index contributed by atoms with van der Waals surface area (Å²) in [6, 6.07) is 13.6. The van der Waals surface area contributed by atoms with Crippen molar-refractivity contribution in [1.82, 2.24) is 14.9 Å². The number of piperidine rings is 1. The molecule has 0 unspecified atom stereocenters. The minimum absolute atomic E-state index is 0.127. The summed E-state index contributed by atoms with van der Waals surface area (Å²) in [5.41, 5.74) is 3.05. The van der Waals surface area contributed by atoms with Crippen LogP contribution in [0.3, 0.4) is 0 Å². The maximum absolute atomic E-state index is 13.1. The smallest absolute Gasteiger partial charge is 0.225 e. The topological polar surface area (TPSA) is 49.3 Å². The lowest BCUT2D eigenvalue weighted by molar-refractivity contribution is -0.133. The van der Waals surface area contributed by atoms with Gasteiger partial charge in [0.25, 0.3) is 0 Å². The van der Waals surface area contributed by atoms with Gasteiger partial charge < -0.3 is 9.80 Å². The number of anilines is 1. The Morgan fingerprint density at radius 3 is 2.34 bits per heavy atom. The quantitative estimate of drug-likeness (QED) is 0.371. The van der Waals surface area contributed by atoms with Crippen LogP contribution in [0.4, 0.5) is 9.52 Å². The molecule has 1 aliphatic rings. The number of aromatic nitrogens is 2. The molecule has 4 heterocycles. The van der Waals surface area contributed by atoms with E-state index in [9.17, 15) is 9.18 Å². The molecule has 32 heavy (non-hydrogen) atoms. The van der Waals surface area contributed by atoms with E-state index in [0.29, 0.717) is 0 Å². The fourth-order valence-electron chi connectivity index (χ4n) is 4.06. The highest BCUT2D eigenvalue weighted by atomic mass is 32.1. The van der Waals surface area contributed by atoms with E-state index in [0.717, 1.165) is 52.6 Å². The van der Waals surface area contributed by atoms with E-state index in [1.807, 2.05) is 26.2 Å². The SMILES string of the molecule is CN(C)C(=O)C1CCN(c2nc3sc(-c4ccc(-c5ccc(F)nc5)cc4)cc3s2)CC1. The average molecular weight is 467 g/mol. The van der Waals surface area contributed by atoms with Crippen LogP contribution in [-0.4, -0.2) is 48.0 Å². The molecule has 0 atom stereocenters. The predicted octanol–water partition coefficient (Wildman–Crippen LogP) is 5.53. The highest BCUT2D eigenvalue weighted by molar-refractivity contribution is 7.30. The summed E-state index contributed by atoms with van der Waals surface area (Å²) in [7, 11) is 3.66. The van der Waals surface area contributed by atoms with Crippen molar-refractivity contribution in [3.05, 3.63) is 54.6 Å². The van der Waals surface area contributed by atoms with Crippen molar-refractivity contribution >= 4 is 43.2 Å². The van der Waals surface area contributed by atoms with Crippen molar-refractivity contribution in [2.24, 2.45) is 5.92 Å². The highest BCUT2D eigenvalue weighted by Crippen LogP contribution is 2.40. The first-order valence-electron chi connectivity index (χ1n) is 10.6. The average Bonchev–Trinajstić information content (AvgIpc) is 3.39. The van der Waals surface area contributed by atoms with E-state index in [-0.39, 0.29) is 11.8 Å². The van der Waals surface area contributed by atoms with E-state index >= 15 is 0 Å². The van der Waals surface area contributed by atoms with Crippen molar-refractivity contribution in [1.29, 1.82) is 0 Å². The molecule has 0 N–H and O–H groups in total. The van der Waals surface area contributed by atoms with Crippen LogP contribution in [0.25, 0.3) is 31.1 Å². The summed E-state index contributed by atoms with van der Waals surface area (Å²) >= 11 is 3.42. The third-order valence-corrected chi connectivity index (χ3v) is 8.13. The number of thiazole rings is 1. The van der Waals surface area contributed by atoms with Gasteiger partial charge in [-0.1, -0.05) is 35.6 Å². The molecule has 0 saturated carbocycles. The molecule has 5 nitrogen and oxygen atoms in total. The van der Waals surface area contributed by atoms with Gasteiger partial charge in [0, 0.05) is 49.7 Å². The van der Waals surface area contributed by atoms with E-state index < -0.39 is 5.95 Å². The highest BCUT2D eigenvalue weighted by Gasteiger charge is 2.27. The van der Waals surface area contributed by atoms with E-state index in [1.54, 1.807) is 39.8 Å². The van der Waals surface area contributed by atoms with Gasteiger partial charge in [-0.25, -0.2) is 9.97 Å². The van der Waals surface area contributed by atoms with E-state index in [1.165, 1.54) is 15.6 Å². The number of carbonyl (C=O) groups excluding carboxylic acids is 1. The molecule has 4 aromatic rings. The Labute approximate surface area is 194 Å². The van der Waals surface area contributed by atoms with Crippen molar-refractivity contribution in [3.63, 3.8) is 0 Å². The van der Waals surface area contributed by atoms with Crippen LogP contribution in [0.2, 0.25) is 0 Å². The van der Waals surface area contributed by atoms with Crippen LogP contribution in [0, 0.1) is 11.9 Å². The van der Waals surface area contributed by atoms with Crippen molar-refractivity contribution in [2.75, 3.05) is 32.1 Å². The lowest BCUT2D eigenvalue weighted by Gasteiger charge is -2.32. The first kappa shape index (κ1) is 21.0. The number of fused-ring (bicyclic) bond motifs is 1. The molecule has 164 valence electrons. The second-order valence-corrected chi connectivity index (χ2v) is 10.3. The third kappa shape index (κ3) is 4.12. The number of hydrogen-bond donors (Lipinski definition) is 0. The number of hydrogen-bond acceptors (Lipinski definition) is 6. The number of nitrogens with zero attached hydrogens (tertiary/aromatic N) is 4. The van der Waals surface area contributed by atoms with Crippen molar-refractivity contribution < 1.29 is 9.18 Å². The summed E-state index contributed by atoms with van der Waals surface area (Å²) in [6.07, 6.45) is 3.31. The molecular formula is C24H23FN4OS2. The summed E-state index contributed by atoms with van der Waals surface area (Å²) < 4.78 is 14.2. The molecule has 1 amide bonds. The van der Waals surface area contributed by atoms with Crippen LogP contribution < -0.4 is 4.90 Å². The van der Waals surface area contributed by atoms with Crippen LogP contribution in [0.1, 0.15) is 12.8 Å². The lowest BCUT2D eigenvalue weighted by Crippen LogP contribution is -2.40. The minimum atomic E-state index is -0.470. The van der Waals surface area contributed by atoms with Gasteiger partial charge in [0.05, 0.1) is 4.70 Å². The fourth-order valence-corrected chi connectivity index (χ4v) is 6.33. The van der Waals surface area contributed by atoms with Gasteiger partial charge in [0.2, 0.25) is 11.9 Å². The predicted molar refractivity (Wildman–Crippen MR) is 130 cm³/mol. The fraction of sp³-hybridized carbons (Fsp3) is 0.292. The van der Waals surface area contributed by atoms with Crippen LogP contribution in [0.5, 0.6) is 0 Å². The largest absolute Gasteiger partial charge is 0.349 e. The van der Waals surface area contributed by atoms with Crippen molar-refractivity contribution in [3.8, 4) is 21.6 Å². The molecule has 0 aliphatic carbocycles. The summed E-state index contributed by atoms with van der Waals surface area (Å²) in [5.74, 6) is -0.110. The van der Waals surface area contributed by atoms with Gasteiger partial charge in [-0.05, 0) is 42.2 Å². The van der Waals surface area contributed by atoms with Crippen LogP contribution in [0.15, 0.2) is 48.7 Å². The Bertz CT molecular complexity index is 1210. The maximum Gasteiger partial charge on any atom is 0.225 e. The molecule has 0 bridgehead atoms. The van der Waals surface area contributed by atoms with Gasteiger partial charge in [-0.2, -0.15) is 4.39 Å². The van der Waals surface area contributed by atoms with Crippen LogP contribution >= 0.6 is 22.7 Å². The second kappa shape index (κ2) is 8.60. The van der Waals surface area contributed by atoms with E-state index in [4.69, 9.17) is 4.98 Å². The molecule has 5 rings (SSSR count). The zero-order valence-corrected chi connectivity index (χ0v) is 19.5. The molecule has 0 spiro atoms. The van der Waals surface area contributed by atoms with Crippen LogP contribution in [-0.2, 0) is 4.79 Å². The Kier molecular flexibility index (Phi) is 5.65. The Morgan fingerprint density at radius 1 is 1.03 bits per heavy atom. The normalized spacial score (nSPS) is 14.8. The standard InChI is InChI=1S/C24H23FN4OS2/c1-28(2)23(30)17-9-11-29(12-10-17)24-27-22-20(32-24)13-19(31-22)16-5-3-15(4-6-16)18-7-8-21(25)26-14-18/h3-8,13-14,17H,9-12H2,1-2H3. The zero-order valence-electron chi connectivity index (χ0n) is 17.9. The molecule has 3 aromatic heterocycles. The Hall–Kier alpha value is -2.84. The van der Waals surface area contributed by atoms with Gasteiger partial charge >= 0.3 is 0 Å². The monoisotopic (exact) mass is 466 g/mol. The first-order chi connectivity index (χ1) is 15.5. The maximum atomic E-state index is 13.1. The van der Waals surface area contributed by atoms with Gasteiger partial charge in [0.15, 0.2) is 5.13 Å². The third-order valence-electron chi connectivity index (χ3n) is 5.86. The molecule has 1 aromatic carbocycles. The molecule has 1 aliphatic heterocycles. The second-order valence-electron chi connectivity index (χ2n) is 8.22. The van der Waals surface area contributed by atoms with Gasteiger partial charge in [-0.3, -0.25) is 4.79 Å². The zero-order chi connectivity index (χ0) is 22.2.